The molecule has 0 spiro atoms. The highest BCUT2D eigenvalue weighted by Crippen LogP contribution is 2.21. The fourth-order valence-electron chi connectivity index (χ4n) is 1.92. The van der Waals surface area contributed by atoms with Crippen LogP contribution in [0.4, 0.5) is 15.8 Å². The van der Waals surface area contributed by atoms with E-state index in [-0.39, 0.29) is 11.6 Å². The van der Waals surface area contributed by atoms with E-state index in [1.54, 1.807) is 29.8 Å². The maximum absolute atomic E-state index is 13.9. The quantitative estimate of drug-likeness (QED) is 0.796. The maximum Gasteiger partial charge on any atom is 0.256 e. The van der Waals surface area contributed by atoms with Crippen LogP contribution >= 0.6 is 11.3 Å². The van der Waals surface area contributed by atoms with Crippen molar-refractivity contribution in [3.8, 4) is 0 Å². The molecule has 4 nitrogen and oxygen atoms in total. The standard InChI is InChI=1S/C17H17FN2O2S/c1-3-4-11(2)16(21)19-13-5-6-14(18)15(9-13)20-17(22)12-7-8-23-10-12/h4-10H,3H2,1-2H3,(H,19,21)(H,20,22)/b11-4-. The Morgan fingerprint density at radius 1 is 1.26 bits per heavy atom. The lowest BCUT2D eigenvalue weighted by molar-refractivity contribution is -0.112. The van der Waals surface area contributed by atoms with Crippen LogP contribution in [0.5, 0.6) is 0 Å². The molecule has 0 radical (unpaired) electrons. The Morgan fingerprint density at radius 2 is 2.04 bits per heavy atom. The Bertz CT molecular complexity index is 739. The fraction of sp³-hybridized carbons (Fsp3) is 0.176. The number of halogens is 1. The van der Waals surface area contributed by atoms with Crippen LogP contribution in [-0.2, 0) is 4.79 Å². The highest BCUT2D eigenvalue weighted by molar-refractivity contribution is 7.08. The first-order chi connectivity index (χ1) is 11.0. The van der Waals surface area contributed by atoms with Crippen molar-refractivity contribution >= 4 is 34.5 Å². The van der Waals surface area contributed by atoms with Crippen LogP contribution in [0.15, 0.2) is 46.7 Å². The lowest BCUT2D eigenvalue weighted by Crippen LogP contribution is -2.15. The maximum atomic E-state index is 13.9. The molecular weight excluding hydrogens is 315 g/mol. The molecule has 0 bridgehead atoms. The predicted octanol–water partition coefficient (Wildman–Crippen LogP) is 4.43. The van der Waals surface area contributed by atoms with Crippen molar-refractivity contribution in [2.24, 2.45) is 0 Å². The van der Waals surface area contributed by atoms with Gasteiger partial charge in [0.1, 0.15) is 5.82 Å². The monoisotopic (exact) mass is 332 g/mol. The number of allylic oxidation sites excluding steroid dienone is 1. The van der Waals surface area contributed by atoms with Crippen molar-refractivity contribution in [1.82, 2.24) is 0 Å². The number of benzene rings is 1. The number of thiophene rings is 1. The summed E-state index contributed by atoms with van der Waals surface area (Å²) in [5.41, 5.74) is 1.49. The number of hydrogen-bond donors (Lipinski definition) is 2. The van der Waals surface area contributed by atoms with Gasteiger partial charge in [0, 0.05) is 16.6 Å². The molecule has 2 amide bonds. The average Bonchev–Trinajstić information content (AvgIpc) is 3.05. The van der Waals surface area contributed by atoms with Gasteiger partial charge in [0.05, 0.1) is 11.3 Å². The topological polar surface area (TPSA) is 58.2 Å². The van der Waals surface area contributed by atoms with E-state index in [9.17, 15) is 14.0 Å². The minimum Gasteiger partial charge on any atom is -0.322 e. The second-order valence-corrected chi connectivity index (χ2v) is 5.69. The summed E-state index contributed by atoms with van der Waals surface area (Å²) in [5, 5.41) is 8.63. The highest BCUT2D eigenvalue weighted by Gasteiger charge is 2.12. The van der Waals surface area contributed by atoms with Crippen molar-refractivity contribution in [3.63, 3.8) is 0 Å². The van der Waals surface area contributed by atoms with Gasteiger partial charge < -0.3 is 10.6 Å². The number of carbonyl (C=O) groups excluding carboxylic acids is 2. The Morgan fingerprint density at radius 3 is 2.70 bits per heavy atom. The molecule has 0 saturated heterocycles. The molecule has 2 rings (SSSR count). The Kier molecular flexibility index (Phi) is 5.65. The second-order valence-electron chi connectivity index (χ2n) is 4.91. The van der Waals surface area contributed by atoms with Crippen LogP contribution in [0.25, 0.3) is 0 Å². The molecule has 0 unspecified atom stereocenters. The first-order valence-electron chi connectivity index (χ1n) is 7.12. The van der Waals surface area contributed by atoms with E-state index >= 15 is 0 Å². The lowest BCUT2D eigenvalue weighted by atomic mass is 10.2. The largest absolute Gasteiger partial charge is 0.322 e. The van der Waals surface area contributed by atoms with E-state index in [0.29, 0.717) is 16.8 Å². The average molecular weight is 332 g/mol. The Balaban J connectivity index is 2.14. The normalized spacial score (nSPS) is 11.2. The van der Waals surface area contributed by atoms with E-state index in [0.717, 1.165) is 6.42 Å². The van der Waals surface area contributed by atoms with Gasteiger partial charge in [-0.1, -0.05) is 13.0 Å². The molecule has 2 aromatic rings. The molecule has 0 saturated carbocycles. The Hall–Kier alpha value is -2.47. The molecule has 1 aromatic carbocycles. The molecule has 1 heterocycles. The first-order valence-corrected chi connectivity index (χ1v) is 8.06. The zero-order valence-electron chi connectivity index (χ0n) is 12.9. The van der Waals surface area contributed by atoms with Crippen LogP contribution in [0.3, 0.4) is 0 Å². The zero-order valence-corrected chi connectivity index (χ0v) is 13.7. The van der Waals surface area contributed by atoms with Crippen LogP contribution in [0.2, 0.25) is 0 Å². The molecular formula is C17H17FN2O2S. The van der Waals surface area contributed by atoms with Crippen molar-refractivity contribution in [3.05, 3.63) is 58.1 Å². The van der Waals surface area contributed by atoms with Crippen LogP contribution in [0.1, 0.15) is 30.6 Å². The van der Waals surface area contributed by atoms with Gasteiger partial charge in [0.2, 0.25) is 0 Å². The number of anilines is 2. The molecule has 0 aliphatic rings. The minimum atomic E-state index is -0.563. The van der Waals surface area contributed by atoms with E-state index in [4.69, 9.17) is 0 Å². The summed E-state index contributed by atoms with van der Waals surface area (Å²) in [6.07, 6.45) is 2.56. The van der Waals surface area contributed by atoms with Gasteiger partial charge in [-0.25, -0.2) is 4.39 Å². The van der Waals surface area contributed by atoms with Gasteiger partial charge in [-0.15, -0.1) is 0 Å². The molecule has 120 valence electrons. The van der Waals surface area contributed by atoms with Gasteiger partial charge in [-0.2, -0.15) is 11.3 Å². The summed E-state index contributed by atoms with van der Waals surface area (Å²) in [5.74, 6) is -1.21. The molecule has 6 heteroatoms. The number of nitrogens with one attached hydrogen (secondary N) is 2. The molecule has 23 heavy (non-hydrogen) atoms. The number of amides is 2. The number of carbonyl (C=O) groups is 2. The van der Waals surface area contributed by atoms with Gasteiger partial charge in [-0.3, -0.25) is 9.59 Å². The summed E-state index contributed by atoms with van der Waals surface area (Å²) in [6, 6.07) is 5.71. The van der Waals surface area contributed by atoms with E-state index < -0.39 is 11.7 Å². The smallest absolute Gasteiger partial charge is 0.256 e. The summed E-state index contributed by atoms with van der Waals surface area (Å²) < 4.78 is 13.9. The van der Waals surface area contributed by atoms with Gasteiger partial charge in [-0.05, 0) is 43.0 Å². The molecule has 2 N–H and O–H groups in total. The second kappa shape index (κ2) is 7.69. The fourth-order valence-corrected chi connectivity index (χ4v) is 2.55. The Labute approximate surface area is 138 Å². The van der Waals surface area contributed by atoms with Gasteiger partial charge >= 0.3 is 0 Å². The van der Waals surface area contributed by atoms with Crippen molar-refractivity contribution in [2.75, 3.05) is 10.6 Å². The third-order valence-electron chi connectivity index (χ3n) is 3.12. The summed E-state index contributed by atoms with van der Waals surface area (Å²) in [4.78, 5) is 23.9. The summed E-state index contributed by atoms with van der Waals surface area (Å²) in [7, 11) is 0. The third-order valence-corrected chi connectivity index (χ3v) is 3.81. The lowest BCUT2D eigenvalue weighted by Gasteiger charge is -2.10. The van der Waals surface area contributed by atoms with E-state index in [2.05, 4.69) is 10.6 Å². The van der Waals surface area contributed by atoms with Crippen molar-refractivity contribution in [1.29, 1.82) is 0 Å². The van der Waals surface area contributed by atoms with Crippen LogP contribution < -0.4 is 10.6 Å². The summed E-state index contributed by atoms with van der Waals surface area (Å²) in [6.45, 7) is 3.65. The predicted molar refractivity (Wildman–Crippen MR) is 91.3 cm³/mol. The number of hydrogen-bond acceptors (Lipinski definition) is 3. The molecule has 0 fully saturated rings. The van der Waals surface area contributed by atoms with Crippen LogP contribution in [-0.4, -0.2) is 11.8 Å². The SMILES string of the molecule is CC/C=C(/C)C(=O)Nc1ccc(F)c(NC(=O)c2ccsc2)c1. The van der Waals surface area contributed by atoms with Crippen LogP contribution in [0, 0.1) is 5.82 Å². The zero-order chi connectivity index (χ0) is 16.8. The van der Waals surface area contributed by atoms with Crippen molar-refractivity contribution < 1.29 is 14.0 Å². The molecule has 0 aliphatic heterocycles. The first kappa shape index (κ1) is 16.9. The number of rotatable bonds is 5. The van der Waals surface area contributed by atoms with Gasteiger partial charge in [0.25, 0.3) is 11.8 Å². The van der Waals surface area contributed by atoms with E-state index in [1.807, 2.05) is 6.92 Å². The highest BCUT2D eigenvalue weighted by atomic mass is 32.1. The molecule has 0 atom stereocenters. The van der Waals surface area contributed by atoms with Gasteiger partial charge in [0.15, 0.2) is 0 Å². The van der Waals surface area contributed by atoms with E-state index in [1.165, 1.54) is 29.5 Å². The molecule has 0 aliphatic carbocycles. The van der Waals surface area contributed by atoms with Crippen molar-refractivity contribution in [2.45, 2.75) is 20.3 Å². The minimum absolute atomic E-state index is 0.0242. The molecule has 1 aromatic heterocycles. The summed E-state index contributed by atoms with van der Waals surface area (Å²) >= 11 is 1.38. The third kappa shape index (κ3) is 4.50.